The summed E-state index contributed by atoms with van der Waals surface area (Å²) >= 11 is 0. The summed E-state index contributed by atoms with van der Waals surface area (Å²) in [5.74, 6) is 0.0333. The number of benzene rings is 1. The van der Waals surface area contributed by atoms with E-state index in [1.165, 1.54) is 0 Å². The lowest BCUT2D eigenvalue weighted by molar-refractivity contribution is 0.0393. The fraction of sp³-hybridized carbons (Fsp3) is 0.333. The van der Waals surface area contributed by atoms with Gasteiger partial charge in [-0.3, -0.25) is 9.97 Å². The average molecular weight is 456 g/mol. The number of aromatic amines is 1. The number of hydrogen-bond acceptors (Lipinski definition) is 6. The van der Waals surface area contributed by atoms with Crippen LogP contribution in [0.2, 0.25) is 0 Å². The number of carbonyl (C=O) groups excluding carboxylic acids is 1. The first kappa shape index (κ1) is 22.2. The number of nitrogens with zero attached hydrogens (tertiary/aromatic N) is 3. The van der Waals surface area contributed by atoms with Gasteiger partial charge in [-0.05, 0) is 75.8 Å². The zero-order valence-electron chi connectivity index (χ0n) is 19.5. The molecule has 0 saturated heterocycles. The van der Waals surface area contributed by atoms with Gasteiger partial charge in [0.1, 0.15) is 0 Å². The number of rotatable bonds is 5. The molecule has 0 amide bonds. The quantitative estimate of drug-likeness (QED) is 0.407. The summed E-state index contributed by atoms with van der Waals surface area (Å²) in [7, 11) is 0. The van der Waals surface area contributed by atoms with E-state index in [-0.39, 0.29) is 11.5 Å². The van der Waals surface area contributed by atoms with E-state index in [1.807, 2.05) is 43.3 Å². The number of nitrogens with two attached hydrogens (primary N) is 1. The summed E-state index contributed by atoms with van der Waals surface area (Å²) in [6.45, 7) is 4.47. The molecule has 1 aliphatic rings. The molecule has 0 atom stereocenters. The van der Waals surface area contributed by atoms with Crippen molar-refractivity contribution in [1.29, 1.82) is 0 Å². The van der Waals surface area contributed by atoms with E-state index in [0.29, 0.717) is 18.1 Å². The number of imidazole rings is 1. The van der Waals surface area contributed by atoms with Gasteiger partial charge in [0.2, 0.25) is 0 Å². The molecule has 7 nitrogen and oxygen atoms in total. The van der Waals surface area contributed by atoms with Gasteiger partial charge in [-0.1, -0.05) is 12.1 Å². The Kier molecular flexibility index (Phi) is 5.87. The summed E-state index contributed by atoms with van der Waals surface area (Å²) in [6, 6.07) is 13.4. The average Bonchev–Trinajstić information content (AvgIpc) is 3.32. The number of esters is 1. The number of nitrogens with one attached hydrogen (secondary N) is 1. The minimum absolute atomic E-state index is 0.0999. The van der Waals surface area contributed by atoms with Gasteiger partial charge >= 0.3 is 5.97 Å². The number of aromatic nitrogens is 4. The molecule has 3 heterocycles. The van der Waals surface area contributed by atoms with Gasteiger partial charge in [0.15, 0.2) is 0 Å². The molecular formula is C27H29N5O2. The second kappa shape index (κ2) is 8.99. The van der Waals surface area contributed by atoms with Crippen molar-refractivity contribution in [3.8, 4) is 22.6 Å². The fourth-order valence-electron chi connectivity index (χ4n) is 4.64. The molecule has 1 saturated carbocycles. The maximum absolute atomic E-state index is 13.0. The Bertz CT molecular complexity index is 1330. The largest absolute Gasteiger partial charge is 0.462 e. The molecule has 1 fully saturated rings. The van der Waals surface area contributed by atoms with Gasteiger partial charge < -0.3 is 15.5 Å². The highest BCUT2D eigenvalue weighted by Gasteiger charge is 2.28. The first-order chi connectivity index (χ1) is 16.4. The topological polar surface area (TPSA) is 107 Å². The fourth-order valence-corrected chi connectivity index (χ4v) is 4.64. The van der Waals surface area contributed by atoms with Crippen molar-refractivity contribution in [3.05, 3.63) is 66.2 Å². The Morgan fingerprint density at radius 2 is 2.00 bits per heavy atom. The summed E-state index contributed by atoms with van der Waals surface area (Å²) in [4.78, 5) is 29.9. The molecular weight excluding hydrogens is 426 g/mol. The predicted molar refractivity (Wildman–Crippen MR) is 132 cm³/mol. The SMILES string of the molecule is Cc1cccc(-c2[nH]cnc2-c2ccc3nccc(C(=O)OC[C@H]4CC[C@@](C)(N)CC4)c3c2)n1. The number of ether oxygens (including phenoxy) is 1. The second-order valence-electron chi connectivity index (χ2n) is 9.58. The van der Waals surface area contributed by atoms with Crippen LogP contribution in [0.25, 0.3) is 33.5 Å². The monoisotopic (exact) mass is 455 g/mol. The van der Waals surface area contributed by atoms with Crippen molar-refractivity contribution in [1.82, 2.24) is 19.9 Å². The number of pyridine rings is 2. The van der Waals surface area contributed by atoms with Crippen LogP contribution in [0.3, 0.4) is 0 Å². The van der Waals surface area contributed by atoms with E-state index in [1.54, 1.807) is 18.6 Å². The van der Waals surface area contributed by atoms with Crippen LogP contribution in [0.1, 0.15) is 48.7 Å². The molecule has 3 N–H and O–H groups in total. The molecule has 1 aromatic carbocycles. The van der Waals surface area contributed by atoms with Crippen molar-refractivity contribution in [2.75, 3.05) is 6.61 Å². The highest BCUT2D eigenvalue weighted by atomic mass is 16.5. The van der Waals surface area contributed by atoms with Crippen molar-refractivity contribution < 1.29 is 9.53 Å². The van der Waals surface area contributed by atoms with Crippen molar-refractivity contribution in [3.63, 3.8) is 0 Å². The number of fused-ring (bicyclic) bond motifs is 1. The Hall–Kier alpha value is -3.58. The molecule has 7 heteroatoms. The third kappa shape index (κ3) is 4.56. The molecule has 0 unspecified atom stereocenters. The minimum atomic E-state index is -0.326. The highest BCUT2D eigenvalue weighted by molar-refractivity contribution is 6.04. The van der Waals surface area contributed by atoms with E-state index in [4.69, 9.17) is 10.5 Å². The molecule has 34 heavy (non-hydrogen) atoms. The van der Waals surface area contributed by atoms with E-state index < -0.39 is 0 Å². The number of H-pyrrole nitrogens is 1. The van der Waals surface area contributed by atoms with Gasteiger partial charge in [0.05, 0.1) is 41.1 Å². The van der Waals surface area contributed by atoms with Gasteiger partial charge in [-0.2, -0.15) is 0 Å². The normalized spacial score (nSPS) is 20.4. The van der Waals surface area contributed by atoms with Crippen molar-refractivity contribution >= 4 is 16.9 Å². The molecule has 0 radical (unpaired) electrons. The van der Waals surface area contributed by atoms with Gasteiger partial charge in [-0.25, -0.2) is 9.78 Å². The van der Waals surface area contributed by atoms with Crippen LogP contribution in [0, 0.1) is 12.8 Å². The summed E-state index contributed by atoms with van der Waals surface area (Å²) in [6.07, 6.45) is 7.19. The van der Waals surface area contributed by atoms with E-state index in [0.717, 1.165) is 64.9 Å². The Morgan fingerprint density at radius 1 is 1.18 bits per heavy atom. The van der Waals surface area contributed by atoms with E-state index in [2.05, 4.69) is 26.9 Å². The van der Waals surface area contributed by atoms with Crippen LogP contribution in [0.15, 0.2) is 55.0 Å². The maximum Gasteiger partial charge on any atom is 0.338 e. The third-order valence-electron chi connectivity index (χ3n) is 6.72. The summed E-state index contributed by atoms with van der Waals surface area (Å²) < 4.78 is 5.74. The lowest BCUT2D eigenvalue weighted by Gasteiger charge is -2.33. The van der Waals surface area contributed by atoms with Gasteiger partial charge in [0, 0.05) is 28.4 Å². The Morgan fingerprint density at radius 3 is 2.79 bits per heavy atom. The first-order valence-electron chi connectivity index (χ1n) is 11.7. The molecule has 4 aromatic rings. The molecule has 5 rings (SSSR count). The molecule has 1 aliphatic carbocycles. The summed E-state index contributed by atoms with van der Waals surface area (Å²) in [5.41, 5.74) is 11.6. The highest BCUT2D eigenvalue weighted by Crippen LogP contribution is 2.32. The third-order valence-corrected chi connectivity index (χ3v) is 6.72. The second-order valence-corrected chi connectivity index (χ2v) is 9.58. The number of aryl methyl sites for hydroxylation is 1. The zero-order chi connectivity index (χ0) is 23.7. The Labute approximate surface area is 198 Å². The predicted octanol–water partition coefficient (Wildman–Crippen LogP) is 5.06. The lowest BCUT2D eigenvalue weighted by atomic mass is 9.79. The Balaban J connectivity index is 1.41. The maximum atomic E-state index is 13.0. The smallest absolute Gasteiger partial charge is 0.338 e. The molecule has 3 aromatic heterocycles. The molecule has 0 spiro atoms. The zero-order valence-corrected chi connectivity index (χ0v) is 19.5. The number of carbonyl (C=O) groups is 1. The van der Waals surface area contributed by atoms with Crippen LogP contribution in [0.4, 0.5) is 0 Å². The van der Waals surface area contributed by atoms with Crippen molar-refractivity contribution in [2.24, 2.45) is 11.7 Å². The molecule has 0 bridgehead atoms. The molecule has 174 valence electrons. The van der Waals surface area contributed by atoms with Crippen molar-refractivity contribution in [2.45, 2.75) is 45.1 Å². The standard InChI is InChI=1S/C27H29N5O2/c1-17-4-3-5-23(32-17)25-24(30-16-31-25)19-6-7-22-21(14-19)20(10-13-29-22)26(33)34-15-18-8-11-27(2,28)12-9-18/h3-7,10,13-14,16,18H,8-9,11-12,15,28H2,1-2H3,(H,30,31)/t18-,27+. The summed E-state index contributed by atoms with van der Waals surface area (Å²) in [5, 5.41) is 0.745. The van der Waals surface area contributed by atoms with Gasteiger partial charge in [-0.15, -0.1) is 0 Å². The molecule has 0 aliphatic heterocycles. The van der Waals surface area contributed by atoms with Crippen LogP contribution in [-0.4, -0.2) is 38.1 Å². The van der Waals surface area contributed by atoms with Crippen LogP contribution in [0.5, 0.6) is 0 Å². The van der Waals surface area contributed by atoms with Crippen LogP contribution < -0.4 is 5.73 Å². The number of hydrogen-bond donors (Lipinski definition) is 2. The minimum Gasteiger partial charge on any atom is -0.462 e. The van der Waals surface area contributed by atoms with Crippen LogP contribution in [-0.2, 0) is 4.74 Å². The van der Waals surface area contributed by atoms with Crippen LogP contribution >= 0.6 is 0 Å². The first-order valence-corrected chi connectivity index (χ1v) is 11.7. The van der Waals surface area contributed by atoms with E-state index in [9.17, 15) is 4.79 Å². The van der Waals surface area contributed by atoms with Gasteiger partial charge in [0.25, 0.3) is 0 Å². The lowest BCUT2D eigenvalue weighted by Crippen LogP contribution is -2.40. The van der Waals surface area contributed by atoms with E-state index >= 15 is 0 Å².